The molecule has 0 aliphatic carbocycles. The molecule has 1 aromatic rings. The summed E-state index contributed by atoms with van der Waals surface area (Å²) in [5.74, 6) is 0. The molecule has 0 unspecified atom stereocenters. The van der Waals surface area contributed by atoms with Crippen molar-refractivity contribution in [3.8, 4) is 0 Å². The molecule has 0 spiro atoms. The van der Waals surface area contributed by atoms with Crippen molar-refractivity contribution in [1.29, 1.82) is 0 Å². The van der Waals surface area contributed by atoms with Crippen molar-refractivity contribution < 1.29 is 9.53 Å². The van der Waals surface area contributed by atoms with E-state index in [-0.39, 0.29) is 24.5 Å². The van der Waals surface area contributed by atoms with Gasteiger partial charge in [0.05, 0.1) is 6.04 Å². The third-order valence-electron chi connectivity index (χ3n) is 2.32. The lowest BCUT2D eigenvalue weighted by atomic mass is 10.0. The number of nitrogens with one attached hydrogen (secondary N) is 1. The van der Waals surface area contributed by atoms with E-state index in [1.165, 1.54) is 11.1 Å². The Balaban J connectivity index is 0.00000112. The molecule has 0 aromatic heterocycles. The third kappa shape index (κ3) is 2.63. The molecule has 1 amide bonds. The van der Waals surface area contributed by atoms with Crippen molar-refractivity contribution in [1.82, 2.24) is 5.32 Å². The molecule has 0 saturated carbocycles. The fourth-order valence-electron chi connectivity index (χ4n) is 1.78. The topological polar surface area (TPSA) is 38.3 Å². The van der Waals surface area contributed by atoms with E-state index in [0.29, 0.717) is 6.61 Å². The zero-order valence-electron chi connectivity index (χ0n) is 8.74. The highest BCUT2D eigenvalue weighted by Crippen LogP contribution is 2.20. The van der Waals surface area contributed by atoms with Gasteiger partial charge in [0.2, 0.25) is 0 Å². The number of hydrogen-bond acceptors (Lipinski definition) is 2. The number of hydrogen-bond donors (Lipinski definition) is 1. The molecule has 1 aromatic carbocycles. The Morgan fingerprint density at radius 1 is 1.27 bits per heavy atom. The number of amides is 1. The third-order valence-corrected chi connectivity index (χ3v) is 2.32. The average molecular weight is 228 g/mol. The van der Waals surface area contributed by atoms with Crippen LogP contribution in [0.1, 0.15) is 22.7 Å². The summed E-state index contributed by atoms with van der Waals surface area (Å²) in [5, 5.41) is 2.76. The Morgan fingerprint density at radius 3 is 2.33 bits per heavy atom. The minimum Gasteiger partial charge on any atom is -0.447 e. The number of benzene rings is 1. The van der Waals surface area contributed by atoms with Crippen LogP contribution in [-0.2, 0) is 4.74 Å². The van der Waals surface area contributed by atoms with Gasteiger partial charge < -0.3 is 10.1 Å². The highest BCUT2D eigenvalue weighted by molar-refractivity contribution is 5.85. The van der Waals surface area contributed by atoms with E-state index in [9.17, 15) is 4.79 Å². The number of alkyl carbamates (subject to hydrolysis) is 1. The number of carbonyl (C=O) groups excluding carboxylic acids is 1. The first-order valence-electron chi connectivity index (χ1n) is 4.66. The lowest BCUT2D eigenvalue weighted by molar-refractivity contribution is 0.177. The zero-order valence-corrected chi connectivity index (χ0v) is 9.56. The van der Waals surface area contributed by atoms with E-state index in [1.807, 2.05) is 13.8 Å². The summed E-state index contributed by atoms with van der Waals surface area (Å²) < 4.78 is 4.85. The van der Waals surface area contributed by atoms with Crippen molar-refractivity contribution in [2.24, 2.45) is 0 Å². The summed E-state index contributed by atoms with van der Waals surface area (Å²) in [6.07, 6.45) is -0.325. The van der Waals surface area contributed by atoms with Crippen LogP contribution in [0, 0.1) is 13.8 Å². The predicted octanol–water partition coefficient (Wildman–Crippen LogP) is 2.51. The van der Waals surface area contributed by atoms with E-state index in [0.717, 1.165) is 5.56 Å². The Morgan fingerprint density at radius 2 is 1.87 bits per heavy atom. The molecule has 1 saturated heterocycles. The lowest BCUT2D eigenvalue weighted by Crippen LogP contribution is -2.18. The van der Waals surface area contributed by atoms with Gasteiger partial charge in [0.15, 0.2) is 0 Å². The number of halogens is 1. The molecular formula is C11H14ClNO2. The Bertz CT molecular complexity index is 359. The summed E-state index contributed by atoms with van der Waals surface area (Å²) in [6.45, 7) is 4.53. The first-order chi connectivity index (χ1) is 6.65. The van der Waals surface area contributed by atoms with Crippen LogP contribution in [0.3, 0.4) is 0 Å². The van der Waals surface area contributed by atoms with Gasteiger partial charge in [0.1, 0.15) is 6.61 Å². The van der Waals surface area contributed by atoms with Gasteiger partial charge in [-0.3, -0.25) is 0 Å². The van der Waals surface area contributed by atoms with E-state index in [1.54, 1.807) is 0 Å². The molecule has 4 heteroatoms. The summed E-state index contributed by atoms with van der Waals surface area (Å²) in [5.41, 5.74) is 3.54. The lowest BCUT2D eigenvalue weighted by Gasteiger charge is -2.09. The molecule has 1 atom stereocenters. The average Bonchev–Trinajstić information content (AvgIpc) is 2.50. The zero-order chi connectivity index (χ0) is 10.1. The van der Waals surface area contributed by atoms with E-state index >= 15 is 0 Å². The van der Waals surface area contributed by atoms with E-state index in [2.05, 4.69) is 23.5 Å². The van der Waals surface area contributed by atoms with Crippen LogP contribution in [0.25, 0.3) is 0 Å². The molecule has 1 N–H and O–H groups in total. The van der Waals surface area contributed by atoms with Crippen LogP contribution < -0.4 is 5.32 Å². The second kappa shape index (κ2) is 4.53. The van der Waals surface area contributed by atoms with Crippen molar-refractivity contribution in [2.75, 3.05) is 6.61 Å². The van der Waals surface area contributed by atoms with Crippen LogP contribution >= 0.6 is 12.4 Å². The van der Waals surface area contributed by atoms with Gasteiger partial charge in [0.25, 0.3) is 0 Å². The van der Waals surface area contributed by atoms with Gasteiger partial charge in [-0.05, 0) is 19.4 Å². The molecule has 82 valence electrons. The maximum absolute atomic E-state index is 10.9. The smallest absolute Gasteiger partial charge is 0.407 e. The Hall–Kier alpha value is -1.22. The molecule has 2 rings (SSSR count). The van der Waals surface area contributed by atoms with Crippen LogP contribution in [0.4, 0.5) is 4.79 Å². The van der Waals surface area contributed by atoms with Crippen LogP contribution in [0.5, 0.6) is 0 Å². The minimum absolute atomic E-state index is 0. The summed E-state index contributed by atoms with van der Waals surface area (Å²) >= 11 is 0. The summed E-state index contributed by atoms with van der Waals surface area (Å²) in [4.78, 5) is 10.9. The molecule has 1 aliphatic rings. The maximum atomic E-state index is 10.9. The highest BCUT2D eigenvalue weighted by atomic mass is 35.5. The number of cyclic esters (lactones) is 1. The van der Waals surface area contributed by atoms with E-state index < -0.39 is 0 Å². The molecule has 0 radical (unpaired) electrons. The first-order valence-corrected chi connectivity index (χ1v) is 4.66. The van der Waals surface area contributed by atoms with Crippen LogP contribution in [0.15, 0.2) is 18.2 Å². The van der Waals surface area contributed by atoms with Crippen molar-refractivity contribution in [2.45, 2.75) is 19.9 Å². The normalized spacial score (nSPS) is 19.1. The quantitative estimate of drug-likeness (QED) is 0.801. The van der Waals surface area contributed by atoms with Crippen LogP contribution in [-0.4, -0.2) is 12.7 Å². The molecule has 1 fully saturated rings. The summed E-state index contributed by atoms with van der Waals surface area (Å²) in [7, 11) is 0. The fourth-order valence-corrected chi connectivity index (χ4v) is 1.78. The Kier molecular flexibility index (Phi) is 3.58. The van der Waals surface area contributed by atoms with Gasteiger partial charge in [-0.2, -0.15) is 0 Å². The minimum atomic E-state index is -0.325. The van der Waals surface area contributed by atoms with Gasteiger partial charge in [0, 0.05) is 0 Å². The molecule has 3 nitrogen and oxygen atoms in total. The largest absolute Gasteiger partial charge is 0.447 e. The molecule has 1 heterocycles. The monoisotopic (exact) mass is 227 g/mol. The van der Waals surface area contributed by atoms with Gasteiger partial charge in [-0.25, -0.2) is 4.79 Å². The molecule has 0 bridgehead atoms. The first kappa shape index (κ1) is 11.9. The SMILES string of the molecule is Cc1cc(C)cc([C@@H]2COC(=O)N2)c1.Cl. The fraction of sp³-hybridized carbons (Fsp3) is 0.364. The van der Waals surface area contributed by atoms with Gasteiger partial charge >= 0.3 is 6.09 Å². The molecule has 1 aliphatic heterocycles. The molecular weight excluding hydrogens is 214 g/mol. The predicted molar refractivity (Wildman–Crippen MR) is 60.4 cm³/mol. The van der Waals surface area contributed by atoms with Crippen molar-refractivity contribution >= 4 is 18.5 Å². The second-order valence-electron chi connectivity index (χ2n) is 3.72. The highest BCUT2D eigenvalue weighted by Gasteiger charge is 2.23. The second-order valence-corrected chi connectivity index (χ2v) is 3.72. The maximum Gasteiger partial charge on any atom is 0.407 e. The number of ether oxygens (including phenoxy) is 1. The van der Waals surface area contributed by atoms with E-state index in [4.69, 9.17) is 4.74 Å². The van der Waals surface area contributed by atoms with Crippen LogP contribution in [0.2, 0.25) is 0 Å². The van der Waals surface area contributed by atoms with Crippen molar-refractivity contribution in [3.05, 3.63) is 34.9 Å². The summed E-state index contributed by atoms with van der Waals surface area (Å²) in [6, 6.07) is 6.28. The van der Waals surface area contributed by atoms with Gasteiger partial charge in [-0.1, -0.05) is 29.3 Å². The molecule has 15 heavy (non-hydrogen) atoms. The Labute approximate surface area is 95.2 Å². The van der Waals surface area contributed by atoms with Crippen molar-refractivity contribution in [3.63, 3.8) is 0 Å². The number of carbonyl (C=O) groups is 1. The number of rotatable bonds is 1. The standard InChI is InChI=1S/C11H13NO2.ClH/c1-7-3-8(2)5-9(4-7)10-6-14-11(13)12-10;/h3-5,10H,6H2,1-2H3,(H,12,13);1H/t10-;/m0./s1. The van der Waals surface area contributed by atoms with Gasteiger partial charge in [-0.15, -0.1) is 12.4 Å². The number of aryl methyl sites for hydroxylation is 2.